The van der Waals surface area contributed by atoms with E-state index in [1.807, 2.05) is 13.8 Å². The highest BCUT2D eigenvalue weighted by Crippen LogP contribution is 2.32. The Hall–Kier alpha value is -2.39. The maximum absolute atomic E-state index is 12.5. The number of phenolic OH excluding ortho intramolecular Hbond substituents is 1. The zero-order valence-electron chi connectivity index (χ0n) is 16.1. The van der Waals surface area contributed by atoms with Gasteiger partial charge in [0.25, 0.3) is 11.8 Å². The first-order valence-corrected chi connectivity index (χ1v) is 10.3. The van der Waals surface area contributed by atoms with Crippen LogP contribution >= 0.6 is 31.9 Å². The number of carbonyl (C=O) groups is 2. The largest absolute Gasteiger partial charge is 0.506 e. The highest BCUT2D eigenvalue weighted by Gasteiger charge is 2.24. The van der Waals surface area contributed by atoms with E-state index in [0.717, 1.165) is 0 Å². The fraction of sp³-hybridized carbons (Fsp3) is 0.250. The number of rotatable bonds is 7. The van der Waals surface area contributed by atoms with Crippen LogP contribution in [0.15, 0.2) is 50.4 Å². The van der Waals surface area contributed by atoms with Crippen molar-refractivity contribution in [3.8, 4) is 11.5 Å². The lowest BCUT2D eigenvalue weighted by Gasteiger charge is -2.20. The summed E-state index contributed by atoms with van der Waals surface area (Å²) in [6.45, 7) is 3.66. The third kappa shape index (κ3) is 6.30. The topological polar surface area (TPSA) is 100 Å². The van der Waals surface area contributed by atoms with Crippen molar-refractivity contribution in [1.29, 1.82) is 0 Å². The van der Waals surface area contributed by atoms with Crippen LogP contribution in [-0.4, -0.2) is 36.3 Å². The van der Waals surface area contributed by atoms with Gasteiger partial charge in [0.1, 0.15) is 17.5 Å². The van der Waals surface area contributed by atoms with Gasteiger partial charge >= 0.3 is 0 Å². The molecule has 0 aliphatic rings. The molecule has 2 aromatic carbocycles. The Balaban J connectivity index is 2.04. The second-order valence-corrected chi connectivity index (χ2v) is 8.20. The fourth-order valence-electron chi connectivity index (χ4n) is 2.40. The number of hydrazone groups is 1. The number of phenols is 1. The van der Waals surface area contributed by atoms with Crippen molar-refractivity contribution < 1.29 is 19.4 Å². The van der Waals surface area contributed by atoms with E-state index in [4.69, 9.17) is 4.74 Å². The molecule has 1 unspecified atom stereocenters. The lowest BCUT2D eigenvalue weighted by Crippen LogP contribution is -2.48. The summed E-state index contributed by atoms with van der Waals surface area (Å²) < 4.78 is 6.06. The van der Waals surface area contributed by atoms with E-state index >= 15 is 0 Å². The molecule has 0 saturated heterocycles. The summed E-state index contributed by atoms with van der Waals surface area (Å²) in [6, 6.07) is 9.15. The van der Waals surface area contributed by atoms with Gasteiger partial charge in [-0.15, -0.1) is 0 Å². The molecule has 0 aliphatic carbocycles. The van der Waals surface area contributed by atoms with Gasteiger partial charge in [-0.1, -0.05) is 13.8 Å². The number of benzene rings is 2. The van der Waals surface area contributed by atoms with Crippen LogP contribution in [0.25, 0.3) is 0 Å². The number of ether oxygens (including phenoxy) is 1. The van der Waals surface area contributed by atoms with Crippen molar-refractivity contribution in [3.63, 3.8) is 0 Å². The van der Waals surface area contributed by atoms with Gasteiger partial charge in [0, 0.05) is 5.56 Å². The first kappa shape index (κ1) is 22.9. The van der Waals surface area contributed by atoms with Crippen LogP contribution in [0.2, 0.25) is 0 Å². The molecule has 0 spiro atoms. The quantitative estimate of drug-likeness (QED) is 0.377. The van der Waals surface area contributed by atoms with Gasteiger partial charge in [0.05, 0.1) is 22.3 Å². The van der Waals surface area contributed by atoms with E-state index in [1.54, 1.807) is 43.5 Å². The lowest BCUT2D eigenvalue weighted by molar-refractivity contribution is -0.123. The monoisotopic (exact) mass is 525 g/mol. The number of amides is 2. The molecule has 0 aliphatic heterocycles. The Labute approximate surface area is 185 Å². The SMILES string of the molecule is COc1ccc(C(=O)NC(C(=O)NN=Cc2cc(Br)c(O)c(Br)c2)C(C)C)cc1. The third-order valence-corrected chi connectivity index (χ3v) is 5.22. The summed E-state index contributed by atoms with van der Waals surface area (Å²) in [5, 5.41) is 16.4. The lowest BCUT2D eigenvalue weighted by atomic mass is 10.0. The van der Waals surface area contributed by atoms with E-state index in [1.165, 1.54) is 6.21 Å². The van der Waals surface area contributed by atoms with Crippen molar-refractivity contribution in [1.82, 2.24) is 10.7 Å². The van der Waals surface area contributed by atoms with Crippen molar-refractivity contribution in [2.45, 2.75) is 19.9 Å². The number of methoxy groups -OCH3 is 1. The van der Waals surface area contributed by atoms with Crippen LogP contribution in [0.4, 0.5) is 0 Å². The zero-order valence-corrected chi connectivity index (χ0v) is 19.2. The van der Waals surface area contributed by atoms with Gasteiger partial charge in [0.2, 0.25) is 0 Å². The predicted octanol–water partition coefficient (Wildman–Crippen LogP) is 3.83. The normalized spacial score (nSPS) is 12.1. The Kier molecular flexibility index (Phi) is 8.21. The average Bonchev–Trinajstić information content (AvgIpc) is 2.69. The smallest absolute Gasteiger partial charge is 0.262 e. The molecule has 0 aromatic heterocycles. The van der Waals surface area contributed by atoms with Gasteiger partial charge in [-0.2, -0.15) is 5.10 Å². The van der Waals surface area contributed by atoms with Gasteiger partial charge in [-0.3, -0.25) is 9.59 Å². The minimum Gasteiger partial charge on any atom is -0.506 e. The van der Waals surface area contributed by atoms with E-state index in [2.05, 4.69) is 47.7 Å². The Bertz CT molecular complexity index is 891. The van der Waals surface area contributed by atoms with Gasteiger partial charge in [-0.25, -0.2) is 5.43 Å². The third-order valence-electron chi connectivity index (χ3n) is 4.02. The maximum atomic E-state index is 12.5. The van der Waals surface area contributed by atoms with E-state index < -0.39 is 11.9 Å². The molecule has 0 saturated carbocycles. The van der Waals surface area contributed by atoms with Crippen LogP contribution in [0.3, 0.4) is 0 Å². The van der Waals surface area contributed by atoms with Crippen molar-refractivity contribution >= 4 is 49.9 Å². The van der Waals surface area contributed by atoms with Gasteiger partial charge < -0.3 is 15.2 Å². The van der Waals surface area contributed by atoms with E-state index in [9.17, 15) is 14.7 Å². The molecule has 1 atom stereocenters. The molecule has 2 rings (SSSR count). The Morgan fingerprint density at radius 3 is 2.24 bits per heavy atom. The molecule has 2 aromatic rings. The summed E-state index contributed by atoms with van der Waals surface area (Å²) >= 11 is 6.47. The predicted molar refractivity (Wildman–Crippen MR) is 118 cm³/mol. The van der Waals surface area contributed by atoms with Crippen molar-refractivity contribution in [2.24, 2.45) is 11.0 Å². The highest BCUT2D eigenvalue weighted by atomic mass is 79.9. The maximum Gasteiger partial charge on any atom is 0.262 e. The van der Waals surface area contributed by atoms with Crippen LogP contribution < -0.4 is 15.5 Å². The number of halogens is 2. The number of hydrogen-bond acceptors (Lipinski definition) is 5. The molecule has 154 valence electrons. The highest BCUT2D eigenvalue weighted by molar-refractivity contribution is 9.11. The molecule has 0 radical (unpaired) electrons. The number of hydrogen-bond donors (Lipinski definition) is 3. The molecule has 7 nitrogen and oxygen atoms in total. The molecule has 0 bridgehead atoms. The Morgan fingerprint density at radius 1 is 1.14 bits per heavy atom. The van der Waals surface area contributed by atoms with Crippen molar-refractivity contribution in [3.05, 3.63) is 56.5 Å². The number of nitrogens with zero attached hydrogens (tertiary/aromatic N) is 1. The summed E-state index contributed by atoms with van der Waals surface area (Å²) in [5.41, 5.74) is 3.52. The minimum atomic E-state index is -0.764. The molecular weight excluding hydrogens is 506 g/mol. The van der Waals surface area contributed by atoms with Crippen LogP contribution in [-0.2, 0) is 4.79 Å². The second kappa shape index (κ2) is 10.4. The molecule has 0 heterocycles. The summed E-state index contributed by atoms with van der Waals surface area (Å²) in [7, 11) is 1.55. The van der Waals surface area contributed by atoms with Crippen molar-refractivity contribution in [2.75, 3.05) is 7.11 Å². The molecule has 9 heteroatoms. The summed E-state index contributed by atoms with van der Waals surface area (Å²) in [5.74, 6) is -0.231. The average molecular weight is 527 g/mol. The summed E-state index contributed by atoms with van der Waals surface area (Å²) in [4.78, 5) is 25.0. The van der Waals surface area contributed by atoms with Gasteiger partial charge in [0.15, 0.2) is 0 Å². The zero-order chi connectivity index (χ0) is 21.6. The van der Waals surface area contributed by atoms with Crippen LogP contribution in [0, 0.1) is 5.92 Å². The van der Waals surface area contributed by atoms with Crippen LogP contribution in [0.5, 0.6) is 11.5 Å². The van der Waals surface area contributed by atoms with E-state index in [-0.39, 0.29) is 17.6 Å². The van der Waals surface area contributed by atoms with Crippen LogP contribution in [0.1, 0.15) is 29.8 Å². The Morgan fingerprint density at radius 2 is 1.72 bits per heavy atom. The molecule has 0 fully saturated rings. The number of aromatic hydroxyl groups is 1. The standard InChI is InChI=1S/C20H21Br2N3O4/c1-11(2)17(24-19(27)13-4-6-14(29-3)7-5-13)20(28)25-23-10-12-8-15(21)18(26)16(22)9-12/h4-11,17,26H,1-3H3,(H,24,27)(H,25,28). The second-order valence-electron chi connectivity index (χ2n) is 6.49. The minimum absolute atomic E-state index is 0.0762. The first-order chi connectivity index (χ1) is 13.7. The molecular formula is C20H21Br2N3O4. The molecule has 2 amide bonds. The number of nitrogens with one attached hydrogen (secondary N) is 2. The van der Waals surface area contributed by atoms with E-state index in [0.29, 0.717) is 25.8 Å². The summed E-state index contributed by atoms with van der Waals surface area (Å²) in [6.07, 6.45) is 1.44. The molecule has 29 heavy (non-hydrogen) atoms. The van der Waals surface area contributed by atoms with Gasteiger partial charge in [-0.05, 0) is 79.7 Å². The first-order valence-electron chi connectivity index (χ1n) is 8.68. The molecule has 3 N–H and O–H groups in total. The number of carbonyl (C=O) groups excluding carboxylic acids is 2. The fourth-order valence-corrected chi connectivity index (χ4v) is 3.62.